The average molecular weight is 330 g/mol. The number of carbonyl (C=O) groups is 1. The highest BCUT2D eigenvalue weighted by Gasteiger charge is 2.51. The molecule has 3 rings (SSSR count). The third kappa shape index (κ3) is 3.26. The van der Waals surface area contributed by atoms with Crippen molar-refractivity contribution in [1.29, 1.82) is 0 Å². The van der Waals surface area contributed by atoms with Crippen molar-refractivity contribution in [3.63, 3.8) is 0 Å². The lowest BCUT2D eigenvalue weighted by molar-refractivity contribution is -0.125. The van der Waals surface area contributed by atoms with Gasteiger partial charge in [-0.3, -0.25) is 4.79 Å². The highest BCUT2D eigenvalue weighted by molar-refractivity contribution is 6.30. The van der Waals surface area contributed by atoms with Gasteiger partial charge in [0.05, 0.1) is 17.6 Å². The maximum absolute atomic E-state index is 12.7. The van der Waals surface area contributed by atoms with E-state index in [0.29, 0.717) is 5.02 Å². The second-order valence-corrected chi connectivity index (χ2v) is 6.64. The van der Waals surface area contributed by atoms with E-state index < -0.39 is 11.5 Å². The summed E-state index contributed by atoms with van der Waals surface area (Å²) < 4.78 is 0. The minimum atomic E-state index is -0.721. The number of hydrogen-bond donors (Lipinski definition) is 2. The van der Waals surface area contributed by atoms with Crippen molar-refractivity contribution in [1.82, 2.24) is 5.32 Å². The van der Waals surface area contributed by atoms with Crippen molar-refractivity contribution in [2.24, 2.45) is 0 Å². The summed E-state index contributed by atoms with van der Waals surface area (Å²) >= 11 is 5.92. The molecule has 3 nitrogen and oxygen atoms in total. The van der Waals surface area contributed by atoms with E-state index in [1.807, 2.05) is 61.5 Å². The van der Waals surface area contributed by atoms with Gasteiger partial charge in [-0.1, -0.05) is 54.1 Å². The van der Waals surface area contributed by atoms with Crippen LogP contribution < -0.4 is 5.32 Å². The first-order valence-electron chi connectivity index (χ1n) is 7.83. The minimum absolute atomic E-state index is 0.0256. The Hall–Kier alpha value is -1.84. The topological polar surface area (TPSA) is 49.3 Å². The summed E-state index contributed by atoms with van der Waals surface area (Å²) in [6, 6.07) is 16.5. The van der Waals surface area contributed by atoms with Crippen molar-refractivity contribution in [3.8, 4) is 0 Å². The van der Waals surface area contributed by atoms with Gasteiger partial charge in [0.15, 0.2) is 0 Å². The quantitative estimate of drug-likeness (QED) is 0.880. The van der Waals surface area contributed by atoms with Gasteiger partial charge in [-0.15, -0.1) is 0 Å². The monoisotopic (exact) mass is 329 g/mol. The largest absolute Gasteiger partial charge is 0.386 e. The summed E-state index contributed by atoms with van der Waals surface area (Å²) in [6.45, 7) is 1.83. The molecule has 2 N–H and O–H groups in total. The molecule has 0 aromatic heterocycles. The first-order valence-corrected chi connectivity index (χ1v) is 8.21. The molecule has 2 aromatic carbocycles. The Morgan fingerprint density at radius 1 is 1.13 bits per heavy atom. The van der Waals surface area contributed by atoms with E-state index in [1.54, 1.807) is 0 Å². The summed E-state index contributed by atoms with van der Waals surface area (Å²) in [5.74, 6) is -0.0256. The summed E-state index contributed by atoms with van der Waals surface area (Å²) in [7, 11) is 0. The van der Waals surface area contributed by atoms with Crippen LogP contribution in [0.3, 0.4) is 0 Å². The van der Waals surface area contributed by atoms with Gasteiger partial charge in [-0.25, -0.2) is 0 Å². The van der Waals surface area contributed by atoms with Gasteiger partial charge in [-0.05, 0) is 43.0 Å². The van der Waals surface area contributed by atoms with E-state index in [-0.39, 0.29) is 11.9 Å². The van der Waals surface area contributed by atoms with Crippen LogP contribution in [0.1, 0.15) is 37.0 Å². The number of hydrogen-bond acceptors (Lipinski definition) is 2. The van der Waals surface area contributed by atoms with Gasteiger partial charge in [-0.2, -0.15) is 0 Å². The van der Waals surface area contributed by atoms with Crippen LogP contribution in [-0.4, -0.2) is 17.1 Å². The number of rotatable bonds is 5. The third-order valence-electron chi connectivity index (χ3n) is 4.55. The number of aliphatic hydroxyl groups is 1. The van der Waals surface area contributed by atoms with E-state index in [2.05, 4.69) is 5.32 Å². The molecular formula is C19H20ClNO2. The van der Waals surface area contributed by atoms with Crippen LogP contribution in [0.2, 0.25) is 5.02 Å². The predicted molar refractivity (Wildman–Crippen MR) is 91.4 cm³/mol. The molecule has 4 heteroatoms. The molecule has 0 aliphatic heterocycles. The molecule has 1 amide bonds. The minimum Gasteiger partial charge on any atom is -0.386 e. The highest BCUT2D eigenvalue weighted by atomic mass is 35.5. The Bertz CT molecular complexity index is 680. The van der Waals surface area contributed by atoms with Gasteiger partial charge in [0.25, 0.3) is 0 Å². The molecule has 0 radical (unpaired) electrons. The standard InChI is InChI=1S/C19H20ClNO2/c1-13(17(22)14-5-3-2-4-6-14)21-18(23)19(11-12-19)15-7-9-16(20)10-8-15/h2-10,13,17,22H,11-12H2,1H3,(H,21,23)/t13-,17+/m0/s1. The summed E-state index contributed by atoms with van der Waals surface area (Å²) in [5.41, 5.74) is 1.33. The molecule has 0 saturated heterocycles. The Balaban J connectivity index is 1.70. The van der Waals surface area contributed by atoms with Crippen LogP contribution in [-0.2, 0) is 10.2 Å². The van der Waals surface area contributed by atoms with Crippen LogP contribution in [0.15, 0.2) is 54.6 Å². The van der Waals surface area contributed by atoms with Crippen molar-refractivity contribution < 1.29 is 9.90 Å². The van der Waals surface area contributed by atoms with Crippen LogP contribution in [0.25, 0.3) is 0 Å². The van der Waals surface area contributed by atoms with Crippen molar-refractivity contribution in [2.75, 3.05) is 0 Å². The van der Waals surface area contributed by atoms with Gasteiger partial charge in [0.2, 0.25) is 5.91 Å². The van der Waals surface area contributed by atoms with Crippen LogP contribution in [0, 0.1) is 0 Å². The fourth-order valence-corrected chi connectivity index (χ4v) is 3.03. The molecule has 1 aliphatic rings. The maximum atomic E-state index is 12.7. The molecule has 0 bridgehead atoms. The molecule has 23 heavy (non-hydrogen) atoms. The first kappa shape index (κ1) is 16.0. The zero-order valence-electron chi connectivity index (χ0n) is 13.0. The van der Waals surface area contributed by atoms with Gasteiger partial charge in [0.1, 0.15) is 0 Å². The Morgan fingerprint density at radius 2 is 1.74 bits per heavy atom. The Morgan fingerprint density at radius 3 is 2.30 bits per heavy atom. The number of aliphatic hydroxyl groups excluding tert-OH is 1. The zero-order valence-corrected chi connectivity index (χ0v) is 13.8. The normalized spacial score (nSPS) is 18.0. The first-order chi connectivity index (χ1) is 11.0. The third-order valence-corrected chi connectivity index (χ3v) is 4.81. The second-order valence-electron chi connectivity index (χ2n) is 6.21. The van der Waals surface area contributed by atoms with E-state index >= 15 is 0 Å². The molecular weight excluding hydrogens is 310 g/mol. The fraction of sp³-hybridized carbons (Fsp3) is 0.316. The smallest absolute Gasteiger partial charge is 0.230 e. The second kappa shape index (κ2) is 6.34. The predicted octanol–water partition coefficient (Wildman–Crippen LogP) is 3.61. The maximum Gasteiger partial charge on any atom is 0.230 e. The van der Waals surface area contributed by atoms with Gasteiger partial charge < -0.3 is 10.4 Å². The van der Waals surface area contributed by atoms with Crippen molar-refractivity contribution in [2.45, 2.75) is 37.3 Å². The lowest BCUT2D eigenvalue weighted by Crippen LogP contribution is -2.43. The number of nitrogens with one attached hydrogen (secondary N) is 1. The summed E-state index contributed by atoms with van der Waals surface area (Å²) in [6.07, 6.45) is 0.935. The van der Waals surface area contributed by atoms with Crippen molar-refractivity contribution in [3.05, 3.63) is 70.7 Å². The molecule has 2 atom stereocenters. The molecule has 1 aliphatic carbocycles. The molecule has 2 aromatic rings. The molecule has 1 fully saturated rings. The molecule has 120 valence electrons. The lowest BCUT2D eigenvalue weighted by Gasteiger charge is -2.24. The van der Waals surface area contributed by atoms with Crippen LogP contribution in [0.5, 0.6) is 0 Å². The van der Waals surface area contributed by atoms with Gasteiger partial charge in [0, 0.05) is 5.02 Å². The van der Waals surface area contributed by atoms with Crippen LogP contribution in [0.4, 0.5) is 0 Å². The van der Waals surface area contributed by atoms with E-state index in [1.165, 1.54) is 0 Å². The Labute approximate surface area is 141 Å². The SMILES string of the molecule is C[C@H](NC(=O)C1(c2ccc(Cl)cc2)CC1)[C@@H](O)c1ccccc1. The molecule has 0 spiro atoms. The van der Waals surface area contributed by atoms with Crippen molar-refractivity contribution >= 4 is 17.5 Å². The lowest BCUT2D eigenvalue weighted by atomic mass is 9.94. The molecule has 0 heterocycles. The highest BCUT2D eigenvalue weighted by Crippen LogP contribution is 2.48. The van der Waals surface area contributed by atoms with E-state index in [9.17, 15) is 9.90 Å². The number of carbonyl (C=O) groups excluding carboxylic acids is 1. The molecule has 1 saturated carbocycles. The number of amides is 1. The van der Waals surface area contributed by atoms with Gasteiger partial charge >= 0.3 is 0 Å². The van der Waals surface area contributed by atoms with E-state index in [0.717, 1.165) is 24.0 Å². The summed E-state index contributed by atoms with van der Waals surface area (Å²) in [4.78, 5) is 12.7. The zero-order chi connectivity index (χ0) is 16.4. The fourth-order valence-electron chi connectivity index (χ4n) is 2.90. The number of benzene rings is 2. The number of halogens is 1. The van der Waals surface area contributed by atoms with Crippen LogP contribution >= 0.6 is 11.6 Å². The molecule has 0 unspecified atom stereocenters. The summed E-state index contributed by atoms with van der Waals surface area (Å²) in [5, 5.41) is 14.0. The van der Waals surface area contributed by atoms with E-state index in [4.69, 9.17) is 11.6 Å². The average Bonchev–Trinajstić information content (AvgIpc) is 3.37. The Kier molecular flexibility index (Phi) is 4.42.